The number of carbonyl (C=O) groups is 1. The second-order valence-electron chi connectivity index (χ2n) is 4.90. The van der Waals surface area contributed by atoms with E-state index in [1.165, 1.54) is 0 Å². The summed E-state index contributed by atoms with van der Waals surface area (Å²) in [6, 6.07) is 0. The van der Waals surface area contributed by atoms with Crippen LogP contribution in [0.1, 0.15) is 40.0 Å². The molecule has 0 radical (unpaired) electrons. The minimum Gasteiger partial charge on any atom is -0.368 e. The lowest BCUT2D eigenvalue weighted by Crippen LogP contribution is -2.59. The highest BCUT2D eigenvalue weighted by atomic mass is 32.2. The van der Waals surface area contributed by atoms with Gasteiger partial charge in [0.2, 0.25) is 5.91 Å². The van der Waals surface area contributed by atoms with Crippen LogP contribution >= 0.6 is 11.8 Å². The number of thioether (sulfide) groups is 1. The minimum atomic E-state index is -0.453. The molecule has 94 valence electrons. The Morgan fingerprint density at radius 2 is 2.19 bits per heavy atom. The summed E-state index contributed by atoms with van der Waals surface area (Å²) in [7, 11) is 0. The monoisotopic (exact) mass is 244 g/mol. The molecule has 0 spiro atoms. The maximum absolute atomic E-state index is 11.8. The molecule has 1 aliphatic rings. The van der Waals surface area contributed by atoms with Gasteiger partial charge in [-0.3, -0.25) is 4.79 Å². The van der Waals surface area contributed by atoms with Crippen LogP contribution in [0.4, 0.5) is 0 Å². The first-order chi connectivity index (χ1) is 7.53. The van der Waals surface area contributed by atoms with Gasteiger partial charge in [-0.1, -0.05) is 20.8 Å². The molecule has 16 heavy (non-hydrogen) atoms. The van der Waals surface area contributed by atoms with E-state index in [1.54, 1.807) is 0 Å². The van der Waals surface area contributed by atoms with E-state index in [0.29, 0.717) is 11.2 Å². The molecule has 1 rings (SSSR count). The number of primary amides is 1. The van der Waals surface area contributed by atoms with Crippen molar-refractivity contribution >= 4 is 17.7 Å². The van der Waals surface area contributed by atoms with Crippen molar-refractivity contribution in [3.8, 4) is 0 Å². The summed E-state index contributed by atoms with van der Waals surface area (Å²) < 4.78 is 0. The molecule has 0 aromatic carbocycles. The molecule has 1 atom stereocenters. The van der Waals surface area contributed by atoms with Crippen molar-refractivity contribution < 1.29 is 4.79 Å². The highest BCUT2D eigenvalue weighted by molar-refractivity contribution is 7.99. The predicted octanol–water partition coefficient (Wildman–Crippen LogP) is 1.76. The molecule has 0 bridgehead atoms. The molecule has 4 heteroatoms. The van der Waals surface area contributed by atoms with E-state index < -0.39 is 5.54 Å². The van der Waals surface area contributed by atoms with E-state index in [0.717, 1.165) is 31.6 Å². The van der Waals surface area contributed by atoms with Crippen LogP contribution < -0.4 is 11.1 Å². The van der Waals surface area contributed by atoms with Crippen LogP contribution in [0.15, 0.2) is 0 Å². The normalized spacial score (nSPS) is 19.8. The SMILES string of the molecule is CCCNC(CSC(C)C)(C(N)=O)C1CC1. The standard InChI is InChI=1S/C12H24N2OS/c1-4-7-14-12(11(13)15,10-5-6-10)8-16-9(2)3/h9-10,14H,4-8H2,1-3H3,(H2,13,15). The number of hydrogen-bond donors (Lipinski definition) is 2. The van der Waals surface area contributed by atoms with Gasteiger partial charge in [0.25, 0.3) is 0 Å². The van der Waals surface area contributed by atoms with Gasteiger partial charge in [-0.15, -0.1) is 0 Å². The minimum absolute atomic E-state index is 0.170. The van der Waals surface area contributed by atoms with Gasteiger partial charge in [0, 0.05) is 5.75 Å². The Balaban J connectivity index is 2.66. The Morgan fingerprint density at radius 1 is 1.56 bits per heavy atom. The summed E-state index contributed by atoms with van der Waals surface area (Å²) in [5.41, 5.74) is 5.17. The molecular formula is C12H24N2OS. The van der Waals surface area contributed by atoms with E-state index in [4.69, 9.17) is 5.73 Å². The lowest BCUT2D eigenvalue weighted by molar-refractivity contribution is -0.124. The third-order valence-corrected chi connectivity index (χ3v) is 4.34. The van der Waals surface area contributed by atoms with Gasteiger partial charge in [-0.05, 0) is 37.0 Å². The maximum atomic E-state index is 11.8. The van der Waals surface area contributed by atoms with Gasteiger partial charge < -0.3 is 11.1 Å². The Bertz CT molecular complexity index is 241. The lowest BCUT2D eigenvalue weighted by atomic mass is 9.94. The fourth-order valence-corrected chi connectivity index (χ4v) is 2.97. The molecule has 0 aromatic heterocycles. The summed E-state index contributed by atoms with van der Waals surface area (Å²) in [5.74, 6) is 1.10. The second-order valence-corrected chi connectivity index (χ2v) is 6.46. The quantitative estimate of drug-likeness (QED) is 0.684. The molecule has 3 nitrogen and oxygen atoms in total. The molecule has 0 aliphatic heterocycles. The third kappa shape index (κ3) is 3.39. The first-order valence-corrected chi connectivity index (χ1v) is 7.24. The molecule has 3 N–H and O–H groups in total. The van der Waals surface area contributed by atoms with E-state index in [-0.39, 0.29) is 5.91 Å². The molecule has 1 amide bonds. The first kappa shape index (κ1) is 13.8. The topological polar surface area (TPSA) is 55.1 Å². The van der Waals surface area contributed by atoms with Crippen molar-refractivity contribution in [2.24, 2.45) is 11.7 Å². The van der Waals surface area contributed by atoms with Crippen LogP contribution in [0.25, 0.3) is 0 Å². The molecule has 0 heterocycles. The summed E-state index contributed by atoms with van der Waals surface area (Å²) in [6.45, 7) is 7.30. The van der Waals surface area contributed by atoms with Gasteiger partial charge in [0.1, 0.15) is 5.54 Å². The highest BCUT2D eigenvalue weighted by Crippen LogP contribution is 2.41. The van der Waals surface area contributed by atoms with Gasteiger partial charge in [-0.25, -0.2) is 0 Å². The number of nitrogens with one attached hydrogen (secondary N) is 1. The van der Waals surface area contributed by atoms with Gasteiger partial charge in [-0.2, -0.15) is 11.8 Å². The van der Waals surface area contributed by atoms with E-state index >= 15 is 0 Å². The molecule has 1 unspecified atom stereocenters. The Morgan fingerprint density at radius 3 is 2.56 bits per heavy atom. The zero-order chi connectivity index (χ0) is 12.2. The fraction of sp³-hybridized carbons (Fsp3) is 0.917. The van der Waals surface area contributed by atoms with Crippen LogP contribution in [0.3, 0.4) is 0 Å². The van der Waals surface area contributed by atoms with Gasteiger partial charge in [0.15, 0.2) is 0 Å². The third-order valence-electron chi connectivity index (χ3n) is 3.05. The molecule has 0 aromatic rings. The van der Waals surface area contributed by atoms with Crippen LogP contribution in [0.5, 0.6) is 0 Å². The number of amides is 1. The van der Waals surface area contributed by atoms with Crippen molar-refractivity contribution in [3.05, 3.63) is 0 Å². The average Bonchev–Trinajstić information content (AvgIpc) is 3.01. The van der Waals surface area contributed by atoms with Crippen molar-refractivity contribution in [3.63, 3.8) is 0 Å². The largest absolute Gasteiger partial charge is 0.368 e. The van der Waals surface area contributed by atoms with Crippen molar-refractivity contribution in [2.45, 2.75) is 50.8 Å². The molecule has 1 saturated carbocycles. The second kappa shape index (κ2) is 5.92. The molecule has 1 aliphatic carbocycles. The van der Waals surface area contributed by atoms with Gasteiger partial charge >= 0.3 is 0 Å². The van der Waals surface area contributed by atoms with E-state index in [1.807, 2.05) is 11.8 Å². The van der Waals surface area contributed by atoms with Crippen LogP contribution in [-0.4, -0.2) is 29.0 Å². The van der Waals surface area contributed by atoms with Crippen molar-refractivity contribution in [1.29, 1.82) is 0 Å². The Hall–Kier alpha value is -0.220. The Labute approximate surface area is 103 Å². The van der Waals surface area contributed by atoms with Crippen LogP contribution in [-0.2, 0) is 4.79 Å². The van der Waals surface area contributed by atoms with E-state index in [9.17, 15) is 4.79 Å². The van der Waals surface area contributed by atoms with E-state index in [2.05, 4.69) is 26.1 Å². The number of nitrogens with two attached hydrogens (primary N) is 1. The molecular weight excluding hydrogens is 220 g/mol. The lowest BCUT2D eigenvalue weighted by Gasteiger charge is -2.32. The van der Waals surface area contributed by atoms with Gasteiger partial charge in [0.05, 0.1) is 0 Å². The number of carbonyl (C=O) groups excluding carboxylic acids is 1. The van der Waals surface area contributed by atoms with Crippen LogP contribution in [0, 0.1) is 5.92 Å². The summed E-state index contributed by atoms with van der Waals surface area (Å²) in [5, 5.41) is 3.95. The van der Waals surface area contributed by atoms with Crippen molar-refractivity contribution in [2.75, 3.05) is 12.3 Å². The fourth-order valence-electron chi connectivity index (χ4n) is 1.89. The Kier molecular flexibility index (Phi) is 5.12. The number of rotatable bonds is 8. The van der Waals surface area contributed by atoms with Crippen LogP contribution in [0.2, 0.25) is 0 Å². The first-order valence-electron chi connectivity index (χ1n) is 6.19. The molecule has 1 fully saturated rings. The zero-order valence-corrected chi connectivity index (χ0v) is 11.4. The summed E-state index contributed by atoms with van der Waals surface area (Å²) in [6.07, 6.45) is 3.31. The zero-order valence-electron chi connectivity index (χ0n) is 10.6. The predicted molar refractivity (Wildman–Crippen MR) is 70.5 cm³/mol. The smallest absolute Gasteiger partial charge is 0.238 e. The summed E-state index contributed by atoms with van der Waals surface area (Å²) in [4.78, 5) is 11.8. The molecule has 0 saturated heterocycles. The maximum Gasteiger partial charge on any atom is 0.238 e. The number of hydrogen-bond acceptors (Lipinski definition) is 3. The highest BCUT2D eigenvalue weighted by Gasteiger charge is 2.49. The summed E-state index contributed by atoms with van der Waals surface area (Å²) >= 11 is 1.82. The van der Waals surface area contributed by atoms with Crippen molar-refractivity contribution in [1.82, 2.24) is 5.32 Å². The average molecular weight is 244 g/mol.